The van der Waals surface area contributed by atoms with E-state index in [-0.39, 0.29) is 5.91 Å². The lowest BCUT2D eigenvalue weighted by Gasteiger charge is -2.36. The summed E-state index contributed by atoms with van der Waals surface area (Å²) < 4.78 is 2.19. The average molecular weight is 346 g/mol. The number of benzene rings is 1. The Morgan fingerprint density at radius 1 is 1.12 bits per heavy atom. The summed E-state index contributed by atoms with van der Waals surface area (Å²) in [4.78, 5) is 17.1. The maximum Gasteiger partial charge on any atom is 0.255 e. The van der Waals surface area contributed by atoms with Crippen molar-refractivity contribution in [2.24, 2.45) is 0 Å². The molecule has 1 aliphatic rings. The summed E-state index contributed by atoms with van der Waals surface area (Å²) in [5, 5.41) is 0.748. The Labute approximate surface area is 148 Å². The quantitative estimate of drug-likeness (QED) is 0.847. The predicted octanol–water partition coefficient (Wildman–Crippen LogP) is 3.74. The predicted molar refractivity (Wildman–Crippen MR) is 99.1 cm³/mol. The van der Waals surface area contributed by atoms with Gasteiger partial charge in [-0.2, -0.15) is 0 Å². The fourth-order valence-electron chi connectivity index (χ4n) is 3.52. The standard InChI is InChI=1S/C19H24ClN3O/c1-4-23-14(2)12-18(15(23)3)19(24)22-10-8-21(9-11-22)17-7-5-6-16(20)13-17/h5-7,12-13H,4,8-11H2,1-3H3. The number of nitrogens with zero attached hydrogens (tertiary/aromatic N) is 3. The molecule has 0 aliphatic carbocycles. The van der Waals surface area contributed by atoms with Gasteiger partial charge in [-0.05, 0) is 45.0 Å². The largest absolute Gasteiger partial charge is 0.368 e. The van der Waals surface area contributed by atoms with Crippen LogP contribution in [-0.4, -0.2) is 41.6 Å². The summed E-state index contributed by atoms with van der Waals surface area (Å²) in [6, 6.07) is 9.92. The molecule has 1 aliphatic heterocycles. The molecule has 24 heavy (non-hydrogen) atoms. The third-order valence-corrected chi connectivity index (χ3v) is 5.10. The summed E-state index contributed by atoms with van der Waals surface area (Å²) in [5.74, 6) is 0.147. The molecule has 3 rings (SSSR count). The molecule has 0 bridgehead atoms. The molecule has 1 amide bonds. The lowest BCUT2D eigenvalue weighted by Crippen LogP contribution is -2.48. The van der Waals surface area contributed by atoms with Crippen molar-refractivity contribution < 1.29 is 4.79 Å². The van der Waals surface area contributed by atoms with Gasteiger partial charge in [-0.3, -0.25) is 4.79 Å². The van der Waals surface area contributed by atoms with Crippen LogP contribution in [0.2, 0.25) is 5.02 Å². The first-order valence-electron chi connectivity index (χ1n) is 8.47. The highest BCUT2D eigenvalue weighted by molar-refractivity contribution is 6.30. The molecule has 2 heterocycles. The highest BCUT2D eigenvalue weighted by Crippen LogP contribution is 2.22. The monoisotopic (exact) mass is 345 g/mol. The van der Waals surface area contributed by atoms with Crippen molar-refractivity contribution in [1.29, 1.82) is 0 Å². The van der Waals surface area contributed by atoms with Crippen LogP contribution in [0, 0.1) is 13.8 Å². The Bertz CT molecular complexity index is 745. The SMILES string of the molecule is CCn1c(C)cc(C(=O)N2CCN(c3cccc(Cl)c3)CC2)c1C. The van der Waals surface area contributed by atoms with E-state index in [9.17, 15) is 4.79 Å². The Morgan fingerprint density at radius 3 is 2.42 bits per heavy atom. The maximum atomic E-state index is 12.9. The zero-order chi connectivity index (χ0) is 17.3. The first kappa shape index (κ1) is 16.9. The number of carbonyl (C=O) groups excluding carboxylic acids is 1. The molecule has 1 aromatic carbocycles. The normalized spacial score (nSPS) is 15.0. The van der Waals surface area contributed by atoms with Crippen LogP contribution in [0.15, 0.2) is 30.3 Å². The number of rotatable bonds is 3. The van der Waals surface area contributed by atoms with Crippen molar-refractivity contribution in [2.75, 3.05) is 31.1 Å². The molecule has 1 aromatic heterocycles. The molecule has 0 atom stereocenters. The molecule has 1 saturated heterocycles. The summed E-state index contributed by atoms with van der Waals surface area (Å²) >= 11 is 6.08. The van der Waals surface area contributed by atoms with Gasteiger partial charge in [-0.1, -0.05) is 17.7 Å². The van der Waals surface area contributed by atoms with E-state index in [4.69, 9.17) is 11.6 Å². The molecular formula is C19H24ClN3O. The molecule has 2 aromatic rings. The third-order valence-electron chi connectivity index (χ3n) is 4.86. The van der Waals surface area contributed by atoms with E-state index in [1.807, 2.05) is 36.1 Å². The molecule has 0 spiro atoms. The highest BCUT2D eigenvalue weighted by atomic mass is 35.5. The molecule has 4 nitrogen and oxygen atoms in total. The highest BCUT2D eigenvalue weighted by Gasteiger charge is 2.25. The molecule has 0 N–H and O–H groups in total. The third kappa shape index (κ3) is 3.16. The van der Waals surface area contributed by atoms with Crippen molar-refractivity contribution >= 4 is 23.2 Å². The van der Waals surface area contributed by atoms with E-state index >= 15 is 0 Å². The zero-order valence-electron chi connectivity index (χ0n) is 14.6. The smallest absolute Gasteiger partial charge is 0.255 e. The number of hydrogen-bond donors (Lipinski definition) is 0. The van der Waals surface area contributed by atoms with E-state index in [2.05, 4.69) is 29.4 Å². The molecular weight excluding hydrogens is 322 g/mol. The minimum absolute atomic E-state index is 0.147. The number of piperazine rings is 1. The lowest BCUT2D eigenvalue weighted by atomic mass is 10.2. The second-order valence-electron chi connectivity index (χ2n) is 6.29. The van der Waals surface area contributed by atoms with Gasteiger partial charge in [0.15, 0.2) is 0 Å². The number of halogens is 1. The van der Waals surface area contributed by atoms with E-state index < -0.39 is 0 Å². The molecule has 0 saturated carbocycles. The first-order chi connectivity index (χ1) is 11.5. The number of amides is 1. The van der Waals surface area contributed by atoms with Crippen LogP contribution in [-0.2, 0) is 6.54 Å². The van der Waals surface area contributed by atoms with Gasteiger partial charge < -0.3 is 14.4 Å². The summed E-state index contributed by atoms with van der Waals surface area (Å²) in [6.45, 7) is 10.2. The molecule has 128 valence electrons. The van der Waals surface area contributed by atoms with Crippen LogP contribution in [0.5, 0.6) is 0 Å². The molecule has 1 fully saturated rings. The van der Waals surface area contributed by atoms with Crippen LogP contribution >= 0.6 is 11.6 Å². The molecule has 5 heteroatoms. The molecule has 0 radical (unpaired) electrons. The van der Waals surface area contributed by atoms with E-state index in [1.165, 1.54) is 0 Å². The summed E-state index contributed by atoms with van der Waals surface area (Å²) in [7, 11) is 0. The van der Waals surface area contributed by atoms with E-state index in [1.54, 1.807) is 0 Å². The second kappa shape index (κ2) is 6.89. The first-order valence-corrected chi connectivity index (χ1v) is 8.85. The van der Waals surface area contributed by atoms with Gasteiger partial charge in [-0.15, -0.1) is 0 Å². The van der Waals surface area contributed by atoms with Gasteiger partial charge in [-0.25, -0.2) is 0 Å². The number of anilines is 1. The van der Waals surface area contributed by atoms with Crippen molar-refractivity contribution in [3.8, 4) is 0 Å². The van der Waals surface area contributed by atoms with Crippen molar-refractivity contribution in [1.82, 2.24) is 9.47 Å². The number of carbonyl (C=O) groups is 1. The minimum atomic E-state index is 0.147. The van der Waals surface area contributed by atoms with Crippen molar-refractivity contribution in [3.05, 3.63) is 52.3 Å². The van der Waals surface area contributed by atoms with Gasteiger partial charge in [0, 0.05) is 54.8 Å². The van der Waals surface area contributed by atoms with Crippen LogP contribution in [0.1, 0.15) is 28.7 Å². The van der Waals surface area contributed by atoms with Crippen molar-refractivity contribution in [2.45, 2.75) is 27.3 Å². The van der Waals surface area contributed by atoms with Gasteiger partial charge in [0.05, 0.1) is 5.56 Å². The van der Waals surface area contributed by atoms with Crippen LogP contribution in [0.25, 0.3) is 0 Å². The van der Waals surface area contributed by atoms with Crippen LogP contribution in [0.3, 0.4) is 0 Å². The second-order valence-corrected chi connectivity index (χ2v) is 6.72. The maximum absolute atomic E-state index is 12.9. The Kier molecular flexibility index (Phi) is 4.86. The summed E-state index contributed by atoms with van der Waals surface area (Å²) in [5.41, 5.74) is 4.18. The van der Waals surface area contributed by atoms with Gasteiger partial charge in [0.1, 0.15) is 0 Å². The number of hydrogen-bond acceptors (Lipinski definition) is 2. The van der Waals surface area contributed by atoms with Gasteiger partial charge >= 0.3 is 0 Å². The Hall–Kier alpha value is -1.94. The zero-order valence-corrected chi connectivity index (χ0v) is 15.3. The summed E-state index contributed by atoms with van der Waals surface area (Å²) in [6.07, 6.45) is 0. The van der Waals surface area contributed by atoms with Crippen molar-refractivity contribution in [3.63, 3.8) is 0 Å². The van der Waals surface area contributed by atoms with E-state index in [0.717, 1.165) is 60.4 Å². The topological polar surface area (TPSA) is 28.5 Å². The van der Waals surface area contributed by atoms with Crippen LogP contribution in [0.4, 0.5) is 5.69 Å². The Morgan fingerprint density at radius 2 is 1.83 bits per heavy atom. The Balaban J connectivity index is 1.69. The fourth-order valence-corrected chi connectivity index (χ4v) is 3.70. The number of aryl methyl sites for hydroxylation is 1. The van der Waals surface area contributed by atoms with Gasteiger partial charge in [0.2, 0.25) is 0 Å². The minimum Gasteiger partial charge on any atom is -0.368 e. The fraction of sp³-hybridized carbons (Fsp3) is 0.421. The molecule has 0 unspecified atom stereocenters. The van der Waals surface area contributed by atoms with Crippen LogP contribution < -0.4 is 4.90 Å². The number of aromatic nitrogens is 1. The van der Waals surface area contributed by atoms with E-state index in [0.29, 0.717) is 0 Å². The lowest BCUT2D eigenvalue weighted by molar-refractivity contribution is 0.0746. The average Bonchev–Trinajstić information content (AvgIpc) is 2.88. The van der Waals surface area contributed by atoms with Gasteiger partial charge in [0.25, 0.3) is 5.91 Å².